The summed E-state index contributed by atoms with van der Waals surface area (Å²) in [4.78, 5) is 25.4. The molecule has 3 nitrogen and oxygen atoms in total. The van der Waals surface area contributed by atoms with Crippen LogP contribution in [0, 0.1) is 20.8 Å². The third-order valence-corrected chi connectivity index (χ3v) is 4.66. The molecule has 0 atom stereocenters. The third-order valence-electron chi connectivity index (χ3n) is 4.66. The van der Waals surface area contributed by atoms with Crippen LogP contribution >= 0.6 is 0 Å². The number of hydrogen-bond acceptors (Lipinski definition) is 3. The van der Waals surface area contributed by atoms with Crippen molar-refractivity contribution in [3.05, 3.63) is 65.3 Å². The second-order valence-corrected chi connectivity index (χ2v) is 5.92. The predicted molar refractivity (Wildman–Crippen MR) is 88.8 cm³/mol. The van der Waals surface area contributed by atoms with Crippen molar-refractivity contribution in [2.45, 2.75) is 20.3 Å². The summed E-state index contributed by atoms with van der Waals surface area (Å²) in [6, 6.07) is 9.64. The smallest absolute Gasteiger partial charge is 0.237 e. The molecule has 1 heterocycles. The summed E-state index contributed by atoms with van der Waals surface area (Å²) in [7, 11) is 0. The van der Waals surface area contributed by atoms with Crippen LogP contribution in [0.1, 0.15) is 37.6 Å². The van der Waals surface area contributed by atoms with Gasteiger partial charge in [0.1, 0.15) is 5.76 Å². The van der Waals surface area contributed by atoms with Gasteiger partial charge in [-0.15, -0.1) is 6.42 Å². The van der Waals surface area contributed by atoms with E-state index in [2.05, 4.69) is 6.92 Å². The number of rotatable bonds is 1. The Morgan fingerprint density at radius 2 is 1.67 bits per heavy atom. The van der Waals surface area contributed by atoms with Gasteiger partial charge in [-0.2, -0.15) is 0 Å². The molecule has 0 amide bonds. The average Bonchev–Trinajstić information content (AvgIpc) is 2.89. The summed E-state index contributed by atoms with van der Waals surface area (Å²) in [5, 5.41) is 1.79. The van der Waals surface area contributed by atoms with Crippen LogP contribution in [0.4, 0.5) is 0 Å². The Hall–Kier alpha value is -1.58. The van der Waals surface area contributed by atoms with Gasteiger partial charge in [-0.25, -0.2) is 0 Å². The van der Waals surface area contributed by atoms with Crippen molar-refractivity contribution < 1.29 is 46.7 Å². The standard InChI is InChI=1S/C20H15O3.Y/c1-4-15-11(3)16-18(21)19(22)17-13-7-5-6-10(2)12(13)8-9-14(17)20(16)23-15;/h5-9H,1,4H2,2-3H3;/q-1;. The van der Waals surface area contributed by atoms with E-state index in [1.54, 1.807) is 0 Å². The summed E-state index contributed by atoms with van der Waals surface area (Å²) < 4.78 is 5.87. The minimum Gasteiger partial charge on any atom is -0.463 e. The van der Waals surface area contributed by atoms with Crippen molar-refractivity contribution in [3.8, 4) is 11.3 Å². The van der Waals surface area contributed by atoms with Gasteiger partial charge in [0.2, 0.25) is 11.6 Å². The maximum Gasteiger partial charge on any atom is 0.237 e. The van der Waals surface area contributed by atoms with Crippen molar-refractivity contribution in [3.63, 3.8) is 0 Å². The monoisotopic (exact) mass is 392 g/mol. The van der Waals surface area contributed by atoms with Gasteiger partial charge in [0.25, 0.3) is 0 Å². The zero-order chi connectivity index (χ0) is 16.3. The van der Waals surface area contributed by atoms with Crippen molar-refractivity contribution in [2.24, 2.45) is 0 Å². The Kier molecular flexibility index (Phi) is 4.35. The second-order valence-electron chi connectivity index (χ2n) is 5.92. The first-order chi connectivity index (χ1) is 11.0. The Balaban J connectivity index is 0.00000169. The number of fused-ring (bicyclic) bond motifs is 5. The first-order valence-corrected chi connectivity index (χ1v) is 7.57. The van der Waals surface area contributed by atoms with Gasteiger partial charge in [-0.05, 0) is 41.8 Å². The maximum atomic E-state index is 12.7. The molecule has 1 aliphatic carbocycles. The van der Waals surface area contributed by atoms with Crippen molar-refractivity contribution in [2.75, 3.05) is 0 Å². The Morgan fingerprint density at radius 3 is 2.38 bits per heavy atom. The first-order valence-electron chi connectivity index (χ1n) is 7.57. The second kappa shape index (κ2) is 6.05. The number of carbonyl (C=O) groups excluding carboxylic acids is 2. The molecule has 0 N–H and O–H groups in total. The molecule has 0 unspecified atom stereocenters. The van der Waals surface area contributed by atoms with E-state index in [4.69, 9.17) is 4.42 Å². The van der Waals surface area contributed by atoms with Crippen molar-refractivity contribution in [1.29, 1.82) is 0 Å². The van der Waals surface area contributed by atoms with Gasteiger partial charge in [-0.3, -0.25) is 9.59 Å². The molecule has 1 aromatic heterocycles. The van der Waals surface area contributed by atoms with Crippen LogP contribution in [-0.2, 0) is 39.1 Å². The zero-order valence-electron chi connectivity index (χ0n) is 13.6. The minimum atomic E-state index is -0.484. The van der Waals surface area contributed by atoms with Gasteiger partial charge < -0.3 is 11.3 Å². The van der Waals surface area contributed by atoms with E-state index in [1.807, 2.05) is 44.2 Å². The zero-order valence-corrected chi connectivity index (χ0v) is 16.4. The molecule has 1 aliphatic rings. The molecule has 0 aliphatic heterocycles. The van der Waals surface area contributed by atoms with Crippen molar-refractivity contribution >= 4 is 22.3 Å². The van der Waals surface area contributed by atoms with E-state index in [1.165, 1.54) is 0 Å². The largest absolute Gasteiger partial charge is 0.463 e. The van der Waals surface area contributed by atoms with Crippen LogP contribution in [0.15, 0.2) is 34.7 Å². The topological polar surface area (TPSA) is 47.3 Å². The summed E-state index contributed by atoms with van der Waals surface area (Å²) in [6.07, 6.45) is 0.447. The molecule has 4 heteroatoms. The quantitative estimate of drug-likeness (QED) is 0.454. The number of aryl methyl sites for hydroxylation is 1. The molecule has 0 fully saturated rings. The number of ketones is 2. The molecule has 2 aromatic carbocycles. The fourth-order valence-electron chi connectivity index (χ4n) is 3.44. The van der Waals surface area contributed by atoms with Gasteiger partial charge in [0.05, 0.1) is 11.3 Å². The Morgan fingerprint density at radius 1 is 0.958 bits per heavy atom. The molecule has 117 valence electrons. The number of Topliss-reactive ketones (excluding diaryl/α,β-unsaturated/α-hetero) is 2. The average molecular weight is 392 g/mol. The Bertz CT molecular complexity index is 1010. The van der Waals surface area contributed by atoms with Crippen LogP contribution in [0.25, 0.3) is 22.1 Å². The van der Waals surface area contributed by atoms with Crippen LogP contribution < -0.4 is 0 Å². The normalized spacial score (nSPS) is 12.8. The number of carbonyl (C=O) groups is 2. The summed E-state index contributed by atoms with van der Waals surface area (Å²) in [5.41, 5.74) is 3.35. The fraction of sp³-hybridized carbons (Fsp3) is 0.150. The molecule has 1 radical (unpaired) electrons. The minimum absolute atomic E-state index is 0. The number of furan rings is 1. The molecule has 0 saturated carbocycles. The predicted octanol–water partition coefficient (Wildman–Crippen LogP) is 4.47. The Labute approximate surface area is 165 Å². The van der Waals surface area contributed by atoms with Gasteiger partial charge in [0, 0.05) is 43.8 Å². The van der Waals surface area contributed by atoms with Crippen LogP contribution in [0.5, 0.6) is 0 Å². The molecule has 0 bridgehead atoms. The van der Waals surface area contributed by atoms with E-state index in [-0.39, 0.29) is 32.7 Å². The van der Waals surface area contributed by atoms with Crippen molar-refractivity contribution in [1.82, 2.24) is 0 Å². The third kappa shape index (κ3) is 2.18. The molecule has 24 heavy (non-hydrogen) atoms. The van der Waals surface area contributed by atoms with E-state index in [9.17, 15) is 9.59 Å². The van der Waals surface area contributed by atoms with E-state index < -0.39 is 11.6 Å². The summed E-state index contributed by atoms with van der Waals surface area (Å²) in [5.74, 6) is 0.225. The molecule has 3 aromatic rings. The molecule has 0 spiro atoms. The van der Waals surface area contributed by atoms with E-state index in [0.717, 1.165) is 21.9 Å². The molecular weight excluding hydrogens is 377 g/mol. The van der Waals surface area contributed by atoms with E-state index >= 15 is 0 Å². The fourth-order valence-corrected chi connectivity index (χ4v) is 3.44. The van der Waals surface area contributed by atoms with E-state index in [0.29, 0.717) is 34.6 Å². The van der Waals surface area contributed by atoms with Gasteiger partial charge in [0.15, 0.2) is 0 Å². The van der Waals surface area contributed by atoms with Crippen LogP contribution in [0.3, 0.4) is 0 Å². The molecule has 4 rings (SSSR count). The number of benzene rings is 2. The number of hydrogen-bond donors (Lipinski definition) is 0. The first kappa shape index (κ1) is 17.3. The van der Waals surface area contributed by atoms with Crippen LogP contribution in [-0.4, -0.2) is 11.6 Å². The van der Waals surface area contributed by atoms with Gasteiger partial charge in [-0.1, -0.05) is 24.3 Å². The molecule has 0 saturated heterocycles. The molecular formula is C20H15O3Y-. The summed E-state index contributed by atoms with van der Waals surface area (Å²) in [6.45, 7) is 7.63. The SMILES string of the molecule is [CH2-]Cc1oc2c(c1C)C(=O)C(=O)c1c-2ccc2c(C)cccc12.[Y]. The van der Waals surface area contributed by atoms with Crippen LogP contribution in [0.2, 0.25) is 0 Å². The summed E-state index contributed by atoms with van der Waals surface area (Å²) >= 11 is 0. The maximum absolute atomic E-state index is 12.7. The van der Waals surface area contributed by atoms with Gasteiger partial charge >= 0.3 is 0 Å².